The Bertz CT molecular complexity index is 813. The molecule has 0 spiro atoms. The number of hydrogen-bond donors (Lipinski definition) is 2. The third-order valence-corrected chi connectivity index (χ3v) is 9.60. The minimum atomic E-state index is -0.859. The van der Waals surface area contributed by atoms with Crippen molar-refractivity contribution in [1.29, 1.82) is 0 Å². The van der Waals surface area contributed by atoms with Gasteiger partial charge in [0.05, 0.1) is 58.5 Å². The highest BCUT2D eigenvalue weighted by molar-refractivity contribution is 5.06. The fourth-order valence-electron chi connectivity index (χ4n) is 6.64. The number of hydrogen-bond acceptors (Lipinski definition) is 6. The van der Waals surface area contributed by atoms with Crippen molar-refractivity contribution >= 4 is 0 Å². The van der Waals surface area contributed by atoms with Crippen LogP contribution < -0.4 is 0 Å². The lowest BCUT2D eigenvalue weighted by molar-refractivity contribution is -0.201. The third kappa shape index (κ3) is 6.21. The van der Waals surface area contributed by atoms with E-state index in [1.54, 1.807) is 0 Å². The van der Waals surface area contributed by atoms with Crippen LogP contribution in [0.15, 0.2) is 11.6 Å². The number of rotatable bonds is 10. The zero-order valence-corrected chi connectivity index (χ0v) is 24.1. The van der Waals surface area contributed by atoms with Gasteiger partial charge in [0.1, 0.15) is 0 Å². The molecule has 0 bridgehead atoms. The first kappa shape index (κ1) is 28.5. The Balaban J connectivity index is 1.25. The predicted molar refractivity (Wildman–Crippen MR) is 141 cm³/mol. The number of ether oxygens (including phenoxy) is 4. The first-order valence-corrected chi connectivity index (χ1v) is 14.3. The van der Waals surface area contributed by atoms with Crippen LogP contribution in [0.3, 0.4) is 0 Å². The van der Waals surface area contributed by atoms with Gasteiger partial charge in [0, 0.05) is 0 Å². The molecule has 0 unspecified atom stereocenters. The maximum absolute atomic E-state index is 11.3. The van der Waals surface area contributed by atoms with Gasteiger partial charge in [-0.05, 0) is 120 Å². The standard InChI is InChI=1S/C30H52O6/c1-20(11-12-22-27(4,5)34-22)10-9-17-28(6,32)23-13-14-24(33-23)29(7)19-16-25(36-29)30(8)18-15-21(35-30)26(2,3)31/h10,21-25,31-32H,9,11-19H2,1-8H3/b20-10+/t21-,22-,23-,24-,25+,28+,29-,30+/m1/s1. The molecule has 2 N–H and O–H groups in total. The van der Waals surface area contributed by atoms with Crippen molar-refractivity contribution in [3.8, 4) is 0 Å². The molecular weight excluding hydrogens is 456 g/mol. The van der Waals surface area contributed by atoms with Gasteiger partial charge in [0.25, 0.3) is 0 Å². The average Bonchev–Trinajstić information content (AvgIpc) is 3.26. The molecular formula is C30H52O6. The van der Waals surface area contributed by atoms with Crippen LogP contribution in [0.5, 0.6) is 0 Å². The van der Waals surface area contributed by atoms with E-state index in [-0.39, 0.29) is 41.2 Å². The monoisotopic (exact) mass is 508 g/mol. The molecule has 0 amide bonds. The molecule has 208 valence electrons. The van der Waals surface area contributed by atoms with Crippen molar-refractivity contribution in [2.24, 2.45) is 0 Å². The molecule has 8 atom stereocenters. The minimum absolute atomic E-state index is 0.00210. The molecule has 4 heterocycles. The van der Waals surface area contributed by atoms with E-state index in [4.69, 9.17) is 18.9 Å². The molecule has 0 aliphatic carbocycles. The Morgan fingerprint density at radius 2 is 1.50 bits per heavy atom. The summed E-state index contributed by atoms with van der Waals surface area (Å²) in [6, 6.07) is 0. The van der Waals surface area contributed by atoms with Crippen LogP contribution in [-0.4, -0.2) is 68.7 Å². The summed E-state index contributed by atoms with van der Waals surface area (Å²) >= 11 is 0. The molecule has 4 rings (SSSR count). The van der Waals surface area contributed by atoms with Crippen molar-refractivity contribution in [2.75, 3.05) is 0 Å². The molecule has 0 aromatic rings. The molecule has 4 saturated heterocycles. The second kappa shape index (κ2) is 9.91. The highest BCUT2D eigenvalue weighted by Crippen LogP contribution is 2.48. The molecule has 4 aliphatic heterocycles. The van der Waals surface area contributed by atoms with E-state index in [1.807, 2.05) is 20.8 Å². The molecule has 0 aromatic heterocycles. The van der Waals surface area contributed by atoms with Gasteiger partial charge in [-0.2, -0.15) is 0 Å². The van der Waals surface area contributed by atoms with Crippen molar-refractivity contribution in [2.45, 2.75) is 178 Å². The molecule has 36 heavy (non-hydrogen) atoms. The van der Waals surface area contributed by atoms with Crippen molar-refractivity contribution in [3.05, 3.63) is 11.6 Å². The lowest BCUT2D eigenvalue weighted by Crippen LogP contribution is -2.47. The lowest BCUT2D eigenvalue weighted by atomic mass is 9.89. The van der Waals surface area contributed by atoms with Crippen LogP contribution >= 0.6 is 0 Å². The van der Waals surface area contributed by atoms with Gasteiger partial charge in [0.15, 0.2) is 0 Å². The van der Waals surface area contributed by atoms with Crippen molar-refractivity contribution in [1.82, 2.24) is 0 Å². The van der Waals surface area contributed by atoms with Gasteiger partial charge in [-0.25, -0.2) is 0 Å². The van der Waals surface area contributed by atoms with E-state index in [9.17, 15) is 10.2 Å². The summed E-state index contributed by atoms with van der Waals surface area (Å²) in [6.07, 6.45) is 11.3. The summed E-state index contributed by atoms with van der Waals surface area (Å²) in [7, 11) is 0. The van der Waals surface area contributed by atoms with Crippen LogP contribution in [0.4, 0.5) is 0 Å². The van der Waals surface area contributed by atoms with Gasteiger partial charge in [-0.15, -0.1) is 0 Å². The Kier molecular flexibility index (Phi) is 7.85. The third-order valence-electron chi connectivity index (χ3n) is 9.60. The van der Waals surface area contributed by atoms with E-state index in [1.165, 1.54) is 5.57 Å². The smallest absolute Gasteiger partial charge is 0.0921 e. The lowest BCUT2D eigenvalue weighted by Gasteiger charge is -2.38. The summed E-state index contributed by atoms with van der Waals surface area (Å²) in [4.78, 5) is 0. The molecule has 4 aliphatic rings. The van der Waals surface area contributed by atoms with E-state index in [0.29, 0.717) is 12.5 Å². The largest absolute Gasteiger partial charge is 0.388 e. The molecule has 6 heteroatoms. The van der Waals surface area contributed by atoms with Crippen LogP contribution in [0.2, 0.25) is 0 Å². The summed E-state index contributed by atoms with van der Waals surface area (Å²) in [5.74, 6) is 0. The van der Waals surface area contributed by atoms with E-state index >= 15 is 0 Å². The zero-order valence-electron chi connectivity index (χ0n) is 24.1. The summed E-state index contributed by atoms with van der Waals surface area (Å²) in [5.41, 5.74) is -1.03. The number of aliphatic hydroxyl groups is 2. The number of epoxide rings is 1. The van der Waals surface area contributed by atoms with Crippen LogP contribution in [0, 0.1) is 0 Å². The molecule has 0 radical (unpaired) electrons. The quantitative estimate of drug-likeness (QED) is 0.295. The maximum atomic E-state index is 11.3. The van der Waals surface area contributed by atoms with Gasteiger partial charge in [-0.3, -0.25) is 0 Å². The highest BCUT2D eigenvalue weighted by Gasteiger charge is 2.55. The summed E-state index contributed by atoms with van der Waals surface area (Å²) in [6.45, 7) is 16.3. The predicted octanol–water partition coefficient (Wildman–Crippen LogP) is 5.62. The Labute approximate surface area is 219 Å². The maximum Gasteiger partial charge on any atom is 0.0921 e. The Morgan fingerprint density at radius 1 is 0.861 bits per heavy atom. The first-order valence-electron chi connectivity index (χ1n) is 14.3. The Hall–Kier alpha value is -0.500. The zero-order chi connectivity index (χ0) is 26.6. The topological polar surface area (TPSA) is 80.7 Å². The molecule has 6 nitrogen and oxygen atoms in total. The minimum Gasteiger partial charge on any atom is -0.388 e. The first-order chi connectivity index (χ1) is 16.5. The van der Waals surface area contributed by atoms with Crippen LogP contribution in [0.25, 0.3) is 0 Å². The van der Waals surface area contributed by atoms with Crippen LogP contribution in [-0.2, 0) is 18.9 Å². The molecule has 0 aromatic carbocycles. The van der Waals surface area contributed by atoms with E-state index in [0.717, 1.165) is 57.8 Å². The second-order valence-electron chi connectivity index (χ2n) is 14.0. The van der Waals surface area contributed by atoms with E-state index < -0.39 is 11.2 Å². The fourth-order valence-corrected chi connectivity index (χ4v) is 6.64. The van der Waals surface area contributed by atoms with Crippen molar-refractivity contribution in [3.63, 3.8) is 0 Å². The summed E-state index contributed by atoms with van der Waals surface area (Å²) in [5, 5.41) is 21.7. The van der Waals surface area contributed by atoms with E-state index in [2.05, 4.69) is 40.7 Å². The fraction of sp³-hybridized carbons (Fsp3) is 0.933. The van der Waals surface area contributed by atoms with Gasteiger partial charge in [-0.1, -0.05) is 11.6 Å². The van der Waals surface area contributed by atoms with Gasteiger partial charge < -0.3 is 29.2 Å². The normalized spacial score (nSPS) is 42.6. The van der Waals surface area contributed by atoms with Gasteiger partial charge in [0.2, 0.25) is 0 Å². The highest BCUT2D eigenvalue weighted by atomic mass is 16.6. The SMILES string of the molecule is C/C(=C\CC[C@](C)(O)[C@H]1CC[C@H]([C@@]2(C)CC[C@@H]([C@]3(C)CC[C@H](C(C)(C)O)O3)O2)O1)CC[C@H]1OC1(C)C. The number of allylic oxidation sites excluding steroid dienone is 2. The van der Waals surface area contributed by atoms with Gasteiger partial charge >= 0.3 is 0 Å². The van der Waals surface area contributed by atoms with Crippen molar-refractivity contribution < 1.29 is 29.2 Å². The van der Waals surface area contributed by atoms with Crippen LogP contribution in [0.1, 0.15) is 120 Å². The Morgan fingerprint density at radius 3 is 2.11 bits per heavy atom. The second-order valence-corrected chi connectivity index (χ2v) is 14.0. The molecule has 0 saturated carbocycles. The summed E-state index contributed by atoms with van der Waals surface area (Å²) < 4.78 is 25.3. The molecule has 4 fully saturated rings. The average molecular weight is 509 g/mol.